The molecular weight excluding hydrogens is 235 g/mol. The van der Waals surface area contributed by atoms with E-state index in [2.05, 4.69) is 5.10 Å². The van der Waals surface area contributed by atoms with E-state index in [1.165, 1.54) is 12.1 Å². The molecule has 0 spiro atoms. The first-order valence-electron chi connectivity index (χ1n) is 5.67. The Labute approximate surface area is 104 Å². The van der Waals surface area contributed by atoms with Crippen LogP contribution in [-0.4, -0.2) is 20.9 Å². The van der Waals surface area contributed by atoms with Crippen LogP contribution in [0, 0.1) is 5.82 Å². The Morgan fingerprint density at radius 3 is 2.94 bits per heavy atom. The fourth-order valence-electron chi connectivity index (χ4n) is 1.80. The molecule has 0 aliphatic rings. The van der Waals surface area contributed by atoms with Crippen LogP contribution < -0.4 is 0 Å². The topological polar surface area (TPSA) is 55.1 Å². The third-order valence-corrected chi connectivity index (χ3v) is 2.61. The Balaban J connectivity index is 2.47. The molecule has 0 radical (unpaired) electrons. The third kappa shape index (κ3) is 2.40. The Kier molecular flexibility index (Phi) is 3.41. The first-order chi connectivity index (χ1) is 8.61. The second kappa shape index (κ2) is 5.00. The average molecular weight is 248 g/mol. The van der Waals surface area contributed by atoms with Gasteiger partial charge in [0.25, 0.3) is 0 Å². The molecule has 94 valence electrons. The molecule has 0 atom stereocenters. The summed E-state index contributed by atoms with van der Waals surface area (Å²) in [6.07, 6.45) is 4.21. The number of aromatic carboxylic acids is 1. The molecule has 0 saturated carbocycles. The van der Waals surface area contributed by atoms with Crippen molar-refractivity contribution in [3.63, 3.8) is 0 Å². The molecule has 0 saturated heterocycles. The molecule has 1 N–H and O–H groups in total. The maximum absolute atomic E-state index is 13.2. The number of halogens is 1. The maximum Gasteiger partial charge on any atom is 0.336 e. The highest BCUT2D eigenvalue weighted by Crippen LogP contribution is 2.24. The van der Waals surface area contributed by atoms with Gasteiger partial charge in [-0.3, -0.25) is 4.68 Å². The van der Waals surface area contributed by atoms with Gasteiger partial charge in [-0.25, -0.2) is 9.18 Å². The van der Waals surface area contributed by atoms with E-state index in [-0.39, 0.29) is 5.56 Å². The number of carboxylic acids is 1. The van der Waals surface area contributed by atoms with E-state index in [4.69, 9.17) is 5.11 Å². The fourth-order valence-corrected chi connectivity index (χ4v) is 1.80. The molecule has 0 bridgehead atoms. The van der Waals surface area contributed by atoms with Crippen LogP contribution in [0.5, 0.6) is 0 Å². The van der Waals surface area contributed by atoms with Crippen LogP contribution in [0.3, 0.4) is 0 Å². The molecule has 0 aliphatic carbocycles. The van der Waals surface area contributed by atoms with Crippen molar-refractivity contribution >= 4 is 5.97 Å². The average Bonchev–Trinajstić information content (AvgIpc) is 2.77. The summed E-state index contributed by atoms with van der Waals surface area (Å²) < 4.78 is 14.9. The number of nitrogens with zero attached hydrogens (tertiary/aromatic N) is 2. The number of aryl methyl sites for hydroxylation is 1. The predicted molar refractivity (Wildman–Crippen MR) is 64.9 cm³/mol. The minimum atomic E-state index is -1.08. The van der Waals surface area contributed by atoms with Gasteiger partial charge >= 0.3 is 5.97 Å². The maximum atomic E-state index is 13.2. The van der Waals surface area contributed by atoms with Crippen molar-refractivity contribution in [3.05, 3.63) is 42.0 Å². The summed E-state index contributed by atoms with van der Waals surface area (Å²) in [4.78, 5) is 11.1. The highest BCUT2D eigenvalue weighted by atomic mass is 19.1. The second-order valence-electron chi connectivity index (χ2n) is 3.99. The van der Waals surface area contributed by atoms with E-state index in [0.717, 1.165) is 19.0 Å². The summed E-state index contributed by atoms with van der Waals surface area (Å²) in [6, 6.07) is 3.63. The van der Waals surface area contributed by atoms with Gasteiger partial charge in [0, 0.05) is 23.9 Å². The molecule has 5 heteroatoms. The van der Waals surface area contributed by atoms with Crippen molar-refractivity contribution in [1.29, 1.82) is 0 Å². The first kappa shape index (κ1) is 12.3. The molecule has 0 unspecified atom stereocenters. The summed E-state index contributed by atoms with van der Waals surface area (Å²) in [7, 11) is 0. The standard InChI is InChI=1S/C13H13FN2O2/c1-2-5-16-8-9(7-15-16)12-6-10(14)3-4-11(12)13(17)18/h3-4,6-8H,2,5H2,1H3,(H,17,18). The van der Waals surface area contributed by atoms with Crippen LogP contribution in [-0.2, 0) is 6.54 Å². The molecule has 2 rings (SSSR count). The van der Waals surface area contributed by atoms with Gasteiger partial charge in [-0.15, -0.1) is 0 Å². The van der Waals surface area contributed by atoms with Crippen LogP contribution in [0.1, 0.15) is 23.7 Å². The SMILES string of the molecule is CCCn1cc(-c2cc(F)ccc2C(=O)O)cn1. The van der Waals surface area contributed by atoms with Gasteiger partial charge < -0.3 is 5.11 Å². The van der Waals surface area contributed by atoms with Crippen molar-refractivity contribution in [2.75, 3.05) is 0 Å². The van der Waals surface area contributed by atoms with Crippen LogP contribution in [0.2, 0.25) is 0 Å². The lowest BCUT2D eigenvalue weighted by Crippen LogP contribution is -2.00. The van der Waals surface area contributed by atoms with Crippen molar-refractivity contribution < 1.29 is 14.3 Å². The molecule has 1 aromatic carbocycles. The third-order valence-electron chi connectivity index (χ3n) is 2.61. The number of carboxylic acid groups (broad SMARTS) is 1. The van der Waals surface area contributed by atoms with Gasteiger partial charge in [0.1, 0.15) is 5.82 Å². The number of rotatable bonds is 4. The summed E-state index contributed by atoms with van der Waals surface area (Å²) in [6.45, 7) is 2.77. The number of hydrogen-bond donors (Lipinski definition) is 1. The largest absolute Gasteiger partial charge is 0.478 e. The van der Waals surface area contributed by atoms with Crippen molar-refractivity contribution in [3.8, 4) is 11.1 Å². The van der Waals surface area contributed by atoms with Crippen molar-refractivity contribution in [1.82, 2.24) is 9.78 Å². The van der Waals surface area contributed by atoms with E-state index in [1.807, 2.05) is 6.92 Å². The Bertz CT molecular complexity index is 578. The van der Waals surface area contributed by atoms with Gasteiger partial charge in [-0.2, -0.15) is 5.10 Å². The summed E-state index contributed by atoms with van der Waals surface area (Å²) in [5.41, 5.74) is 1.04. The molecule has 1 heterocycles. The monoisotopic (exact) mass is 248 g/mol. The Morgan fingerprint density at radius 1 is 1.50 bits per heavy atom. The quantitative estimate of drug-likeness (QED) is 0.905. The molecule has 1 aromatic heterocycles. The van der Waals surface area contributed by atoms with E-state index in [1.54, 1.807) is 17.1 Å². The molecule has 4 nitrogen and oxygen atoms in total. The molecule has 18 heavy (non-hydrogen) atoms. The summed E-state index contributed by atoms with van der Waals surface area (Å²) >= 11 is 0. The highest BCUT2D eigenvalue weighted by Gasteiger charge is 2.14. The van der Waals surface area contributed by atoms with Crippen LogP contribution >= 0.6 is 0 Å². The lowest BCUT2D eigenvalue weighted by molar-refractivity contribution is 0.0697. The molecule has 0 fully saturated rings. The summed E-state index contributed by atoms with van der Waals surface area (Å²) in [5, 5.41) is 13.2. The van der Waals surface area contributed by atoms with E-state index in [9.17, 15) is 9.18 Å². The first-order valence-corrected chi connectivity index (χ1v) is 5.67. The predicted octanol–water partition coefficient (Wildman–Crippen LogP) is 2.80. The van der Waals surface area contributed by atoms with Crippen molar-refractivity contribution in [2.24, 2.45) is 0 Å². The van der Waals surface area contributed by atoms with Gasteiger partial charge in [0.2, 0.25) is 0 Å². The van der Waals surface area contributed by atoms with Gasteiger partial charge in [0.05, 0.1) is 11.8 Å². The molecule has 0 aliphatic heterocycles. The van der Waals surface area contributed by atoms with Gasteiger partial charge in [-0.1, -0.05) is 6.92 Å². The van der Waals surface area contributed by atoms with Gasteiger partial charge in [-0.05, 0) is 24.6 Å². The lowest BCUT2D eigenvalue weighted by Gasteiger charge is -2.03. The van der Waals surface area contributed by atoms with Crippen LogP contribution in [0.25, 0.3) is 11.1 Å². The lowest BCUT2D eigenvalue weighted by atomic mass is 10.0. The molecular formula is C13H13FN2O2. The van der Waals surface area contributed by atoms with E-state index < -0.39 is 11.8 Å². The second-order valence-corrected chi connectivity index (χ2v) is 3.99. The Hall–Kier alpha value is -2.17. The van der Waals surface area contributed by atoms with Crippen LogP contribution in [0.15, 0.2) is 30.6 Å². The molecule has 2 aromatic rings. The number of hydrogen-bond acceptors (Lipinski definition) is 2. The number of carbonyl (C=O) groups is 1. The van der Waals surface area contributed by atoms with Crippen molar-refractivity contribution in [2.45, 2.75) is 19.9 Å². The van der Waals surface area contributed by atoms with Gasteiger partial charge in [0.15, 0.2) is 0 Å². The van der Waals surface area contributed by atoms with Crippen LogP contribution in [0.4, 0.5) is 4.39 Å². The smallest absolute Gasteiger partial charge is 0.336 e. The minimum Gasteiger partial charge on any atom is -0.478 e. The minimum absolute atomic E-state index is 0.0763. The summed E-state index contributed by atoms with van der Waals surface area (Å²) in [5.74, 6) is -1.54. The zero-order chi connectivity index (χ0) is 13.1. The normalized spacial score (nSPS) is 10.6. The zero-order valence-corrected chi connectivity index (χ0v) is 9.93. The number of aromatic nitrogens is 2. The van der Waals surface area contributed by atoms with E-state index >= 15 is 0 Å². The fraction of sp³-hybridized carbons (Fsp3) is 0.231. The van der Waals surface area contributed by atoms with E-state index in [0.29, 0.717) is 11.1 Å². The number of benzene rings is 1. The Morgan fingerprint density at radius 2 is 2.28 bits per heavy atom. The highest BCUT2D eigenvalue weighted by molar-refractivity contribution is 5.95. The zero-order valence-electron chi connectivity index (χ0n) is 9.93. The molecule has 0 amide bonds.